The van der Waals surface area contributed by atoms with Crippen LogP contribution < -0.4 is 0 Å². The minimum atomic E-state index is 0.987. The van der Waals surface area contributed by atoms with Crippen LogP contribution in [0, 0.1) is 29.6 Å². The molecule has 2 aliphatic carbocycles. The summed E-state index contributed by atoms with van der Waals surface area (Å²) in [6.45, 7) is 7.52. The third-order valence-corrected chi connectivity index (χ3v) is 5.57. The highest BCUT2D eigenvalue weighted by Gasteiger charge is 2.33. The lowest BCUT2D eigenvalue weighted by Crippen LogP contribution is -2.31. The van der Waals surface area contributed by atoms with Gasteiger partial charge in [0.25, 0.3) is 0 Å². The van der Waals surface area contributed by atoms with E-state index >= 15 is 0 Å². The second-order valence-electron chi connectivity index (χ2n) is 6.82. The maximum Gasteiger partial charge on any atom is -0.0360 e. The minimum Gasteiger partial charge on any atom is -0.0625 e. The van der Waals surface area contributed by atoms with Crippen molar-refractivity contribution in [2.75, 3.05) is 0 Å². The first-order valence-corrected chi connectivity index (χ1v) is 7.68. The third-order valence-electron chi connectivity index (χ3n) is 5.57. The molecule has 16 heavy (non-hydrogen) atoms. The fourth-order valence-electron chi connectivity index (χ4n) is 4.48. The Bertz CT molecular complexity index is 202. The Morgan fingerprint density at radius 1 is 0.875 bits per heavy atom. The number of hydrogen-bond acceptors (Lipinski definition) is 0. The van der Waals surface area contributed by atoms with E-state index in [1.165, 1.54) is 51.4 Å². The largest absolute Gasteiger partial charge is 0.0625 e. The van der Waals surface area contributed by atoms with E-state index in [4.69, 9.17) is 0 Å². The Hall–Kier alpha value is 0. The van der Waals surface area contributed by atoms with Crippen molar-refractivity contribution in [2.45, 2.75) is 72.1 Å². The predicted octanol–water partition coefficient (Wildman–Crippen LogP) is 5.28. The predicted molar refractivity (Wildman–Crippen MR) is 71.4 cm³/mol. The molecule has 2 saturated carbocycles. The molecule has 0 nitrogen and oxygen atoms in total. The van der Waals surface area contributed by atoms with Gasteiger partial charge >= 0.3 is 0 Å². The van der Waals surface area contributed by atoms with E-state index in [1.807, 2.05) is 0 Å². The van der Waals surface area contributed by atoms with Crippen LogP contribution in [0.15, 0.2) is 0 Å². The summed E-state index contributed by atoms with van der Waals surface area (Å²) in [5.74, 6) is 5.09. The second kappa shape index (κ2) is 5.56. The molecule has 0 bridgehead atoms. The topological polar surface area (TPSA) is 0 Å². The summed E-state index contributed by atoms with van der Waals surface area (Å²) < 4.78 is 0. The van der Waals surface area contributed by atoms with Gasteiger partial charge < -0.3 is 0 Å². The Morgan fingerprint density at radius 2 is 1.56 bits per heavy atom. The van der Waals surface area contributed by atoms with Gasteiger partial charge in [-0.2, -0.15) is 0 Å². The highest BCUT2D eigenvalue weighted by atomic mass is 14.4. The standard InChI is InChI=1S/C16H30/c1-12-9-10-16(13(2)11-12)14(3)15-7-5-4-6-8-15/h12-16H,4-11H2,1-3H3. The van der Waals surface area contributed by atoms with Crippen LogP contribution in [-0.2, 0) is 0 Å². The van der Waals surface area contributed by atoms with E-state index in [-0.39, 0.29) is 0 Å². The van der Waals surface area contributed by atoms with Gasteiger partial charge in [-0.3, -0.25) is 0 Å². The van der Waals surface area contributed by atoms with Crippen LogP contribution in [0.2, 0.25) is 0 Å². The van der Waals surface area contributed by atoms with Gasteiger partial charge in [0, 0.05) is 0 Å². The third kappa shape index (κ3) is 2.81. The maximum atomic E-state index is 2.56. The normalized spacial score (nSPS) is 39.6. The van der Waals surface area contributed by atoms with Crippen molar-refractivity contribution in [3.8, 4) is 0 Å². The van der Waals surface area contributed by atoms with Crippen molar-refractivity contribution in [1.29, 1.82) is 0 Å². The maximum absolute atomic E-state index is 2.56. The summed E-state index contributed by atoms with van der Waals surface area (Å²) in [6, 6.07) is 0. The van der Waals surface area contributed by atoms with Crippen molar-refractivity contribution in [1.82, 2.24) is 0 Å². The van der Waals surface area contributed by atoms with Crippen LogP contribution in [0.3, 0.4) is 0 Å². The molecule has 4 atom stereocenters. The highest BCUT2D eigenvalue weighted by molar-refractivity contribution is 4.83. The molecule has 2 aliphatic rings. The van der Waals surface area contributed by atoms with Crippen LogP contribution in [0.4, 0.5) is 0 Å². The smallest absolute Gasteiger partial charge is 0.0360 e. The minimum absolute atomic E-state index is 0.987. The van der Waals surface area contributed by atoms with E-state index in [0.717, 1.165) is 29.6 Å². The Morgan fingerprint density at radius 3 is 2.19 bits per heavy atom. The van der Waals surface area contributed by atoms with Crippen LogP contribution in [0.5, 0.6) is 0 Å². The molecule has 2 rings (SSSR count). The molecule has 0 aromatic heterocycles. The Balaban J connectivity index is 1.90. The van der Waals surface area contributed by atoms with E-state index in [1.54, 1.807) is 0 Å². The van der Waals surface area contributed by atoms with E-state index in [2.05, 4.69) is 20.8 Å². The zero-order valence-electron chi connectivity index (χ0n) is 11.5. The van der Waals surface area contributed by atoms with Gasteiger partial charge in [-0.1, -0.05) is 59.3 Å². The van der Waals surface area contributed by atoms with Gasteiger partial charge in [-0.05, 0) is 42.4 Å². The quantitative estimate of drug-likeness (QED) is 0.596. The number of hydrogen-bond donors (Lipinski definition) is 0. The molecular weight excluding hydrogens is 192 g/mol. The van der Waals surface area contributed by atoms with Crippen molar-refractivity contribution >= 4 is 0 Å². The molecule has 0 heteroatoms. The van der Waals surface area contributed by atoms with Crippen LogP contribution in [0.25, 0.3) is 0 Å². The molecule has 0 radical (unpaired) electrons. The molecule has 0 spiro atoms. The van der Waals surface area contributed by atoms with Gasteiger partial charge in [0.2, 0.25) is 0 Å². The van der Waals surface area contributed by atoms with Crippen molar-refractivity contribution < 1.29 is 0 Å². The molecule has 0 N–H and O–H groups in total. The molecule has 0 aliphatic heterocycles. The zero-order valence-corrected chi connectivity index (χ0v) is 11.5. The molecule has 94 valence electrons. The zero-order chi connectivity index (χ0) is 11.5. The highest BCUT2D eigenvalue weighted by Crippen LogP contribution is 2.43. The van der Waals surface area contributed by atoms with Crippen LogP contribution >= 0.6 is 0 Å². The average molecular weight is 222 g/mol. The molecule has 0 amide bonds. The summed E-state index contributed by atoms with van der Waals surface area (Å²) in [4.78, 5) is 0. The summed E-state index contributed by atoms with van der Waals surface area (Å²) in [6.07, 6.45) is 12.1. The summed E-state index contributed by atoms with van der Waals surface area (Å²) in [5.41, 5.74) is 0. The van der Waals surface area contributed by atoms with Gasteiger partial charge in [-0.15, -0.1) is 0 Å². The fraction of sp³-hybridized carbons (Fsp3) is 1.00. The van der Waals surface area contributed by atoms with Gasteiger partial charge in [0.05, 0.1) is 0 Å². The molecule has 4 unspecified atom stereocenters. The van der Waals surface area contributed by atoms with Crippen LogP contribution in [-0.4, -0.2) is 0 Å². The number of rotatable bonds is 2. The lowest BCUT2D eigenvalue weighted by Gasteiger charge is -2.41. The Kier molecular flexibility index (Phi) is 4.33. The molecule has 0 aromatic carbocycles. The lowest BCUT2D eigenvalue weighted by molar-refractivity contribution is 0.0960. The fourth-order valence-corrected chi connectivity index (χ4v) is 4.48. The molecule has 0 saturated heterocycles. The van der Waals surface area contributed by atoms with E-state index in [0.29, 0.717) is 0 Å². The second-order valence-corrected chi connectivity index (χ2v) is 6.82. The van der Waals surface area contributed by atoms with E-state index in [9.17, 15) is 0 Å². The van der Waals surface area contributed by atoms with Crippen molar-refractivity contribution in [3.05, 3.63) is 0 Å². The molecule has 2 fully saturated rings. The SMILES string of the molecule is CC1CCC(C(C)C2CCCCC2)C(C)C1. The van der Waals surface area contributed by atoms with Gasteiger partial charge in [-0.25, -0.2) is 0 Å². The Labute approximate surface area is 102 Å². The molecule has 0 heterocycles. The monoisotopic (exact) mass is 222 g/mol. The van der Waals surface area contributed by atoms with Gasteiger partial charge in [0.15, 0.2) is 0 Å². The van der Waals surface area contributed by atoms with Crippen molar-refractivity contribution in [3.63, 3.8) is 0 Å². The van der Waals surface area contributed by atoms with Gasteiger partial charge in [0.1, 0.15) is 0 Å². The first-order chi connectivity index (χ1) is 7.68. The first kappa shape index (κ1) is 12.5. The average Bonchev–Trinajstić information content (AvgIpc) is 2.29. The molecule has 0 aromatic rings. The van der Waals surface area contributed by atoms with E-state index < -0.39 is 0 Å². The lowest BCUT2D eigenvalue weighted by atomic mass is 9.65. The van der Waals surface area contributed by atoms with Crippen molar-refractivity contribution in [2.24, 2.45) is 29.6 Å². The summed E-state index contributed by atoms with van der Waals surface area (Å²) in [7, 11) is 0. The summed E-state index contributed by atoms with van der Waals surface area (Å²) in [5, 5.41) is 0. The molecular formula is C16H30. The first-order valence-electron chi connectivity index (χ1n) is 7.68. The summed E-state index contributed by atoms with van der Waals surface area (Å²) >= 11 is 0. The van der Waals surface area contributed by atoms with Crippen LogP contribution in [0.1, 0.15) is 72.1 Å².